The number of nitrogen functional groups attached to an aromatic ring is 1. The zero-order chi connectivity index (χ0) is 21.3. The number of carbonyl (C=O) groups is 1. The molecule has 0 unspecified atom stereocenters. The van der Waals surface area contributed by atoms with Crippen molar-refractivity contribution in [2.45, 2.75) is 37.8 Å². The summed E-state index contributed by atoms with van der Waals surface area (Å²) in [6.45, 7) is 1.04. The van der Waals surface area contributed by atoms with Crippen LogP contribution in [-0.2, 0) is 0 Å². The van der Waals surface area contributed by atoms with Crippen molar-refractivity contribution in [2.75, 3.05) is 30.8 Å². The quantitative estimate of drug-likeness (QED) is 0.659. The second kappa shape index (κ2) is 6.66. The predicted octanol–water partition coefficient (Wildman–Crippen LogP) is 2.33. The highest BCUT2D eigenvalue weighted by molar-refractivity contribution is 5.99. The number of carboxylic acid groups (broad SMARTS) is 1. The van der Waals surface area contributed by atoms with Gasteiger partial charge in [0.2, 0.25) is 5.43 Å². The van der Waals surface area contributed by atoms with Gasteiger partial charge in [-0.05, 0) is 44.6 Å². The van der Waals surface area contributed by atoms with Crippen molar-refractivity contribution in [3.63, 3.8) is 0 Å². The molecular weight excluding hydrogens is 394 g/mol. The molecule has 3 atom stereocenters. The van der Waals surface area contributed by atoms with Crippen LogP contribution in [0.15, 0.2) is 11.0 Å². The Morgan fingerprint density at radius 1 is 1.20 bits per heavy atom. The third-order valence-corrected chi connectivity index (χ3v) is 7.08. The number of rotatable bonds is 4. The lowest BCUT2D eigenvalue weighted by Gasteiger charge is -2.25. The maximum atomic E-state index is 15.8. The van der Waals surface area contributed by atoms with Gasteiger partial charge in [-0.15, -0.1) is 0 Å². The van der Waals surface area contributed by atoms with Crippen molar-refractivity contribution in [3.8, 4) is 0 Å². The number of hydrogen-bond acceptors (Lipinski definition) is 5. The maximum absolute atomic E-state index is 15.8. The number of aromatic carboxylic acids is 1. The van der Waals surface area contributed by atoms with E-state index in [9.17, 15) is 14.7 Å². The first kappa shape index (κ1) is 19.3. The number of nitrogens with zero attached hydrogens (tertiary/aromatic N) is 2. The lowest BCUT2D eigenvalue weighted by Crippen LogP contribution is -2.33. The molecule has 1 aliphatic heterocycles. The average molecular weight is 418 g/mol. The van der Waals surface area contributed by atoms with E-state index in [1.54, 1.807) is 4.90 Å². The smallest absolute Gasteiger partial charge is 0.341 e. The molecule has 0 radical (unpaired) electrons. The minimum atomic E-state index is -1.44. The van der Waals surface area contributed by atoms with Gasteiger partial charge in [-0.2, -0.15) is 0 Å². The molecule has 0 amide bonds. The number of carboxylic acids is 1. The summed E-state index contributed by atoms with van der Waals surface area (Å²) in [4.78, 5) is 26.0. The Labute approximate surface area is 171 Å². The van der Waals surface area contributed by atoms with E-state index in [1.807, 2.05) is 7.05 Å². The first-order valence-corrected chi connectivity index (χ1v) is 10.3. The molecule has 9 heteroatoms. The van der Waals surface area contributed by atoms with Crippen molar-refractivity contribution in [1.29, 1.82) is 0 Å². The van der Waals surface area contributed by atoms with Crippen LogP contribution in [0.25, 0.3) is 10.9 Å². The van der Waals surface area contributed by atoms with Gasteiger partial charge in [-0.25, -0.2) is 13.6 Å². The number of benzene rings is 1. The molecule has 7 nitrogen and oxygen atoms in total. The lowest BCUT2D eigenvalue weighted by molar-refractivity contribution is 0.0695. The van der Waals surface area contributed by atoms with E-state index < -0.39 is 34.3 Å². The molecule has 3 fully saturated rings. The molecule has 3 aliphatic rings. The van der Waals surface area contributed by atoms with Crippen molar-refractivity contribution < 1.29 is 18.7 Å². The Kier molecular flexibility index (Phi) is 4.29. The number of nitrogens with one attached hydrogen (secondary N) is 1. The minimum absolute atomic E-state index is 0.0939. The highest BCUT2D eigenvalue weighted by atomic mass is 19.1. The summed E-state index contributed by atoms with van der Waals surface area (Å²) in [7, 11) is 1.90. The van der Waals surface area contributed by atoms with Crippen LogP contribution >= 0.6 is 0 Å². The minimum Gasteiger partial charge on any atom is -0.477 e. The van der Waals surface area contributed by atoms with Crippen molar-refractivity contribution in [1.82, 2.24) is 9.88 Å². The van der Waals surface area contributed by atoms with Gasteiger partial charge < -0.3 is 25.6 Å². The SMILES string of the molecule is CN[C@@H]1CC[C@@H]2CN(c3c(F)c(N)c4c(=O)c(C(=O)O)cn(C5CC5)c4c3F)C[C@@H]21. The van der Waals surface area contributed by atoms with Gasteiger partial charge >= 0.3 is 5.97 Å². The van der Waals surface area contributed by atoms with Gasteiger partial charge in [-0.3, -0.25) is 4.79 Å². The molecule has 0 bridgehead atoms. The number of aromatic nitrogens is 1. The van der Waals surface area contributed by atoms with Gasteiger partial charge in [0.15, 0.2) is 11.6 Å². The second-order valence-electron chi connectivity index (χ2n) is 8.73. The van der Waals surface area contributed by atoms with Gasteiger partial charge in [0.25, 0.3) is 0 Å². The molecule has 30 heavy (non-hydrogen) atoms. The first-order valence-electron chi connectivity index (χ1n) is 10.3. The van der Waals surface area contributed by atoms with E-state index in [4.69, 9.17) is 5.73 Å². The summed E-state index contributed by atoms with van der Waals surface area (Å²) in [6.07, 6.45) is 4.68. The summed E-state index contributed by atoms with van der Waals surface area (Å²) < 4.78 is 32.6. The molecule has 1 saturated heterocycles. The van der Waals surface area contributed by atoms with E-state index in [-0.39, 0.29) is 22.6 Å². The Balaban J connectivity index is 1.72. The number of hydrogen-bond donors (Lipinski definition) is 3. The third-order valence-electron chi connectivity index (χ3n) is 7.08. The standard InChI is InChI=1S/C21H24F2N4O3/c1-25-13-5-2-9-6-26(7-11(9)13)19-15(22)17(24)14-18(16(19)23)27(10-3-4-10)8-12(20(14)28)21(29)30/h8-11,13,25H,2-7,24H2,1H3,(H,29,30)/t9-,11+,13-/m1/s1. The second-order valence-corrected chi connectivity index (χ2v) is 8.73. The molecule has 1 aromatic carbocycles. The summed E-state index contributed by atoms with van der Waals surface area (Å²) in [6, 6.07) is 0.191. The third kappa shape index (κ3) is 2.64. The summed E-state index contributed by atoms with van der Waals surface area (Å²) >= 11 is 0. The van der Waals surface area contributed by atoms with E-state index in [0.29, 0.717) is 31.0 Å². The summed E-state index contributed by atoms with van der Waals surface area (Å²) in [5.74, 6) is -2.61. The van der Waals surface area contributed by atoms with Gasteiger partial charge in [0.05, 0.1) is 16.6 Å². The molecule has 5 rings (SSSR count). The Hall–Kier alpha value is -2.68. The number of anilines is 2. The molecule has 1 aromatic heterocycles. The Morgan fingerprint density at radius 3 is 2.57 bits per heavy atom. The van der Waals surface area contributed by atoms with Crippen LogP contribution in [-0.4, -0.2) is 41.8 Å². The van der Waals surface area contributed by atoms with Crippen molar-refractivity contribution in [3.05, 3.63) is 33.6 Å². The number of nitrogens with two attached hydrogens (primary N) is 1. The maximum Gasteiger partial charge on any atom is 0.341 e. The van der Waals surface area contributed by atoms with Crippen molar-refractivity contribution >= 4 is 28.2 Å². The first-order chi connectivity index (χ1) is 14.3. The van der Waals surface area contributed by atoms with Gasteiger partial charge in [0, 0.05) is 31.4 Å². The normalized spacial score (nSPS) is 25.8. The largest absolute Gasteiger partial charge is 0.477 e. The molecule has 2 saturated carbocycles. The molecule has 0 spiro atoms. The number of fused-ring (bicyclic) bond motifs is 2. The molecule has 2 aliphatic carbocycles. The fourth-order valence-electron chi connectivity index (χ4n) is 5.43. The van der Waals surface area contributed by atoms with Crippen LogP contribution in [0.1, 0.15) is 42.1 Å². The number of pyridine rings is 1. The highest BCUT2D eigenvalue weighted by Gasteiger charge is 2.44. The molecule has 160 valence electrons. The fraction of sp³-hybridized carbons (Fsp3) is 0.524. The van der Waals surface area contributed by atoms with Crippen LogP contribution in [0.2, 0.25) is 0 Å². The lowest BCUT2D eigenvalue weighted by atomic mass is 9.98. The van der Waals surface area contributed by atoms with Crippen LogP contribution < -0.4 is 21.4 Å². The van der Waals surface area contributed by atoms with E-state index in [0.717, 1.165) is 25.7 Å². The summed E-state index contributed by atoms with van der Waals surface area (Å²) in [5.41, 5.74) is 3.73. The van der Waals surface area contributed by atoms with Crippen LogP contribution in [0, 0.1) is 23.5 Å². The van der Waals surface area contributed by atoms with Crippen LogP contribution in [0.3, 0.4) is 0 Å². The molecule has 2 aromatic rings. The molecular formula is C21H24F2N4O3. The highest BCUT2D eigenvalue weighted by Crippen LogP contribution is 2.45. The fourth-order valence-corrected chi connectivity index (χ4v) is 5.43. The zero-order valence-electron chi connectivity index (χ0n) is 16.6. The van der Waals surface area contributed by atoms with Crippen LogP contribution in [0.5, 0.6) is 0 Å². The van der Waals surface area contributed by atoms with Crippen LogP contribution in [0.4, 0.5) is 20.2 Å². The summed E-state index contributed by atoms with van der Waals surface area (Å²) in [5, 5.41) is 12.3. The molecule has 2 heterocycles. The Morgan fingerprint density at radius 2 is 1.93 bits per heavy atom. The predicted molar refractivity (Wildman–Crippen MR) is 109 cm³/mol. The topological polar surface area (TPSA) is 101 Å². The van der Waals surface area contributed by atoms with E-state index in [1.165, 1.54) is 10.8 Å². The zero-order valence-corrected chi connectivity index (χ0v) is 16.6. The number of halogens is 2. The van der Waals surface area contributed by atoms with E-state index >= 15 is 8.78 Å². The van der Waals surface area contributed by atoms with E-state index in [2.05, 4.69) is 5.32 Å². The van der Waals surface area contributed by atoms with Gasteiger partial charge in [0.1, 0.15) is 11.3 Å². The molecule has 4 N–H and O–H groups in total. The van der Waals surface area contributed by atoms with Crippen molar-refractivity contribution in [2.24, 2.45) is 11.8 Å². The monoisotopic (exact) mass is 418 g/mol. The Bertz CT molecular complexity index is 1130. The van der Waals surface area contributed by atoms with Gasteiger partial charge in [-0.1, -0.05) is 0 Å². The average Bonchev–Trinajstić information content (AvgIpc) is 3.36.